The largest absolute Gasteiger partial charge is 0.513 e. The summed E-state index contributed by atoms with van der Waals surface area (Å²) in [5.74, 6) is -0.850. The van der Waals surface area contributed by atoms with Gasteiger partial charge < -0.3 is 25.1 Å². The van der Waals surface area contributed by atoms with Crippen LogP contribution in [-0.4, -0.2) is 39.6 Å². The van der Waals surface area contributed by atoms with Crippen LogP contribution in [0.5, 0.6) is 5.75 Å². The number of carbonyl (C=O) groups is 1. The molecule has 0 radical (unpaired) electrons. The number of aliphatic hydroxyl groups is 1. The molecule has 1 fully saturated rings. The summed E-state index contributed by atoms with van der Waals surface area (Å²) in [6.07, 6.45) is -3.17. The topological polar surface area (TPSA) is 150 Å². The van der Waals surface area contributed by atoms with Crippen LogP contribution >= 0.6 is 11.6 Å². The Morgan fingerprint density at radius 3 is 2.75 bits per heavy atom. The number of rotatable bonds is 4. The van der Waals surface area contributed by atoms with Crippen LogP contribution in [0, 0.1) is 17.2 Å². The van der Waals surface area contributed by atoms with Gasteiger partial charge in [-0.15, -0.1) is 0 Å². The predicted octanol–water partition coefficient (Wildman–Crippen LogP) is 1.09. The third-order valence-electron chi connectivity index (χ3n) is 4.03. The number of aromatic nitrogens is 2. The summed E-state index contributed by atoms with van der Waals surface area (Å²) >= 11 is 5.74. The third kappa shape index (κ3) is 4.23. The fraction of sp³-hybridized carbons (Fsp3) is 0.294. The highest BCUT2D eigenvalue weighted by atomic mass is 35.5. The van der Waals surface area contributed by atoms with Gasteiger partial charge in [0.25, 0.3) is 0 Å². The number of halogens is 1. The second-order valence-electron chi connectivity index (χ2n) is 5.87. The van der Waals surface area contributed by atoms with Gasteiger partial charge in [0, 0.05) is 11.2 Å². The van der Waals surface area contributed by atoms with Crippen molar-refractivity contribution in [3.05, 3.63) is 52.0 Å². The van der Waals surface area contributed by atoms with Crippen molar-refractivity contribution in [3.8, 4) is 11.8 Å². The lowest BCUT2D eigenvalue weighted by atomic mass is 10.0. The fourth-order valence-electron chi connectivity index (χ4n) is 2.66. The molecule has 1 aromatic carbocycles. The summed E-state index contributed by atoms with van der Waals surface area (Å²) in [6.45, 7) is -0.389. The standard InChI is InChI=1S/C17H15ClN4O6/c18-9-1-3-10(4-2-9)27-17(25)26-8-12-14(23)11(7-19)15(28-12)22-6-5-13(20)21-16(22)24/h1-6,11-12,14-15,23H,8H2,(H2,20,21,24)/t11-,12+,14-,15+/m0/s1. The Bertz CT molecular complexity index is 957. The highest BCUT2D eigenvalue weighted by Crippen LogP contribution is 2.33. The zero-order valence-corrected chi connectivity index (χ0v) is 15.0. The maximum atomic E-state index is 12.0. The van der Waals surface area contributed by atoms with E-state index in [0.29, 0.717) is 5.02 Å². The Balaban J connectivity index is 1.64. The molecule has 1 aliphatic heterocycles. The Labute approximate surface area is 163 Å². The van der Waals surface area contributed by atoms with Crippen molar-refractivity contribution < 1.29 is 24.1 Å². The molecule has 0 amide bonds. The zero-order valence-electron chi connectivity index (χ0n) is 14.3. The van der Waals surface area contributed by atoms with Crippen LogP contribution in [0.25, 0.3) is 0 Å². The van der Waals surface area contributed by atoms with Gasteiger partial charge >= 0.3 is 11.8 Å². The van der Waals surface area contributed by atoms with E-state index in [9.17, 15) is 20.0 Å². The van der Waals surface area contributed by atoms with E-state index < -0.39 is 36.2 Å². The number of carbonyl (C=O) groups excluding carboxylic acids is 1. The number of nitrogens with zero attached hydrogens (tertiary/aromatic N) is 3. The molecular formula is C17H15ClN4O6. The van der Waals surface area contributed by atoms with Gasteiger partial charge in [-0.25, -0.2) is 9.59 Å². The van der Waals surface area contributed by atoms with Crippen molar-refractivity contribution in [1.29, 1.82) is 5.26 Å². The molecule has 0 saturated carbocycles. The lowest BCUT2D eigenvalue weighted by molar-refractivity contribution is -0.0545. The molecule has 2 aromatic rings. The van der Waals surface area contributed by atoms with Gasteiger partial charge in [-0.2, -0.15) is 10.2 Å². The molecule has 1 aliphatic rings. The number of anilines is 1. The van der Waals surface area contributed by atoms with E-state index in [4.69, 9.17) is 31.5 Å². The van der Waals surface area contributed by atoms with Crippen LogP contribution < -0.4 is 16.2 Å². The lowest BCUT2D eigenvalue weighted by Gasteiger charge is -2.16. The van der Waals surface area contributed by atoms with Gasteiger partial charge in [0.05, 0.1) is 6.07 Å². The number of hydrogen-bond acceptors (Lipinski definition) is 9. The number of nitriles is 1. The van der Waals surface area contributed by atoms with Crippen molar-refractivity contribution in [3.63, 3.8) is 0 Å². The third-order valence-corrected chi connectivity index (χ3v) is 4.28. The summed E-state index contributed by atoms with van der Waals surface area (Å²) in [6, 6.07) is 9.28. The average Bonchev–Trinajstić information content (AvgIpc) is 2.97. The first-order valence-electron chi connectivity index (χ1n) is 8.07. The van der Waals surface area contributed by atoms with E-state index in [1.165, 1.54) is 36.5 Å². The van der Waals surface area contributed by atoms with E-state index in [2.05, 4.69) is 4.98 Å². The summed E-state index contributed by atoms with van der Waals surface area (Å²) in [7, 11) is 0. The fourth-order valence-corrected chi connectivity index (χ4v) is 2.78. The van der Waals surface area contributed by atoms with Gasteiger partial charge in [0.1, 0.15) is 36.3 Å². The molecule has 4 atom stereocenters. The molecular weight excluding hydrogens is 392 g/mol. The normalized spacial score (nSPS) is 23.8. The van der Waals surface area contributed by atoms with Gasteiger partial charge in [0.15, 0.2) is 6.23 Å². The Morgan fingerprint density at radius 1 is 1.39 bits per heavy atom. The molecule has 10 nitrogen and oxygen atoms in total. The highest BCUT2D eigenvalue weighted by Gasteiger charge is 2.46. The molecule has 3 rings (SSSR count). The predicted molar refractivity (Wildman–Crippen MR) is 95.4 cm³/mol. The monoisotopic (exact) mass is 406 g/mol. The number of hydrogen-bond donors (Lipinski definition) is 2. The van der Waals surface area contributed by atoms with E-state index in [0.717, 1.165) is 4.57 Å². The lowest BCUT2D eigenvalue weighted by Crippen LogP contribution is -2.32. The van der Waals surface area contributed by atoms with Crippen LogP contribution in [0.1, 0.15) is 6.23 Å². The smallest absolute Gasteiger partial charge is 0.431 e. The molecule has 28 heavy (non-hydrogen) atoms. The molecule has 3 N–H and O–H groups in total. The van der Waals surface area contributed by atoms with Crippen LogP contribution in [0.2, 0.25) is 5.02 Å². The summed E-state index contributed by atoms with van der Waals surface area (Å²) in [4.78, 5) is 27.3. The number of benzene rings is 1. The van der Waals surface area contributed by atoms with Gasteiger partial charge in [-0.1, -0.05) is 11.6 Å². The molecule has 1 saturated heterocycles. The summed E-state index contributed by atoms with van der Waals surface area (Å²) < 4.78 is 16.5. The number of nitrogens with two attached hydrogens (primary N) is 1. The van der Waals surface area contributed by atoms with E-state index in [1.54, 1.807) is 0 Å². The van der Waals surface area contributed by atoms with Crippen LogP contribution in [0.3, 0.4) is 0 Å². The van der Waals surface area contributed by atoms with Crippen LogP contribution in [0.15, 0.2) is 41.3 Å². The average molecular weight is 407 g/mol. The van der Waals surface area contributed by atoms with Crippen LogP contribution in [-0.2, 0) is 9.47 Å². The molecule has 0 bridgehead atoms. The van der Waals surface area contributed by atoms with Crippen molar-refractivity contribution in [2.24, 2.45) is 5.92 Å². The van der Waals surface area contributed by atoms with Crippen molar-refractivity contribution in [1.82, 2.24) is 9.55 Å². The SMILES string of the molecule is N#C[C@H]1[C@H](O)[C@@H](COC(=O)Oc2ccc(Cl)cc2)O[C@H]1n1ccc(N)nc1=O. The number of aliphatic hydroxyl groups excluding tert-OH is 1. The van der Waals surface area contributed by atoms with Crippen LogP contribution in [0.4, 0.5) is 10.6 Å². The van der Waals surface area contributed by atoms with Crippen molar-refractivity contribution in [2.75, 3.05) is 12.3 Å². The molecule has 11 heteroatoms. The van der Waals surface area contributed by atoms with Gasteiger partial charge in [-0.3, -0.25) is 4.57 Å². The molecule has 1 aromatic heterocycles. The molecule has 2 heterocycles. The molecule has 0 unspecified atom stereocenters. The Hall–Kier alpha value is -3.13. The van der Waals surface area contributed by atoms with Crippen molar-refractivity contribution in [2.45, 2.75) is 18.4 Å². The number of ether oxygens (including phenoxy) is 3. The quantitative estimate of drug-likeness (QED) is 0.561. The maximum absolute atomic E-state index is 12.0. The zero-order chi connectivity index (χ0) is 20.3. The number of nitrogen functional groups attached to an aromatic ring is 1. The summed E-state index contributed by atoms with van der Waals surface area (Å²) in [5, 5.41) is 20.1. The maximum Gasteiger partial charge on any atom is 0.513 e. The van der Waals surface area contributed by atoms with E-state index in [1.807, 2.05) is 6.07 Å². The second kappa shape index (κ2) is 8.26. The minimum absolute atomic E-state index is 0.0122. The Kier molecular flexibility index (Phi) is 5.79. The van der Waals surface area contributed by atoms with E-state index >= 15 is 0 Å². The minimum atomic E-state index is -1.30. The van der Waals surface area contributed by atoms with Gasteiger partial charge in [-0.05, 0) is 30.3 Å². The molecule has 0 aliphatic carbocycles. The molecule has 146 valence electrons. The molecule has 0 spiro atoms. The first-order valence-corrected chi connectivity index (χ1v) is 8.45. The van der Waals surface area contributed by atoms with E-state index in [-0.39, 0.29) is 18.2 Å². The highest BCUT2D eigenvalue weighted by molar-refractivity contribution is 6.30. The minimum Gasteiger partial charge on any atom is -0.431 e. The first kappa shape index (κ1) is 19.6. The van der Waals surface area contributed by atoms with Crippen molar-refractivity contribution >= 4 is 23.6 Å². The Morgan fingerprint density at radius 2 is 2.11 bits per heavy atom. The van der Waals surface area contributed by atoms with Gasteiger partial charge in [0.2, 0.25) is 0 Å². The second-order valence-corrected chi connectivity index (χ2v) is 6.31. The summed E-state index contributed by atoms with van der Waals surface area (Å²) in [5.41, 5.74) is 4.71. The first-order chi connectivity index (χ1) is 13.4.